The fourth-order valence-corrected chi connectivity index (χ4v) is 6.23. The van der Waals surface area contributed by atoms with Crippen molar-refractivity contribution < 1.29 is 18.1 Å². The van der Waals surface area contributed by atoms with Crippen molar-refractivity contribution in [2.24, 2.45) is 0 Å². The number of hydrogen-bond acceptors (Lipinski definition) is 8. The SMILES string of the molecule is CCCCN(CCCC)S(=O)(=O)c1ccc(C(=O)Nc2nc(-c3cc([N+](=O)[O-])cs3)cs2)cc1. The van der Waals surface area contributed by atoms with Crippen LogP contribution in [0, 0.1) is 10.1 Å². The normalized spacial score (nSPS) is 11.6. The summed E-state index contributed by atoms with van der Waals surface area (Å²) < 4.78 is 27.7. The molecule has 2 aromatic heterocycles. The fourth-order valence-electron chi connectivity index (χ4n) is 3.12. The molecule has 3 rings (SSSR count). The molecule has 0 saturated heterocycles. The first-order chi connectivity index (χ1) is 16.3. The molecular formula is C22H26N4O5S3. The van der Waals surface area contributed by atoms with Gasteiger partial charge in [-0.05, 0) is 37.1 Å². The summed E-state index contributed by atoms with van der Waals surface area (Å²) in [5.41, 5.74) is 0.840. The van der Waals surface area contributed by atoms with Crippen LogP contribution in [-0.2, 0) is 10.0 Å². The zero-order valence-electron chi connectivity index (χ0n) is 18.9. The average Bonchev–Trinajstić information content (AvgIpc) is 3.49. The van der Waals surface area contributed by atoms with Gasteiger partial charge in [-0.2, -0.15) is 4.31 Å². The van der Waals surface area contributed by atoms with E-state index in [1.807, 2.05) is 13.8 Å². The summed E-state index contributed by atoms with van der Waals surface area (Å²) in [4.78, 5) is 28.2. The Balaban J connectivity index is 1.70. The number of amides is 1. The predicted molar refractivity (Wildman–Crippen MR) is 135 cm³/mol. The Kier molecular flexibility index (Phi) is 8.89. The molecule has 0 unspecified atom stereocenters. The Hall–Kier alpha value is -2.67. The van der Waals surface area contributed by atoms with Crippen LogP contribution >= 0.6 is 22.7 Å². The number of sulfonamides is 1. The van der Waals surface area contributed by atoms with Crippen LogP contribution in [-0.4, -0.2) is 41.6 Å². The smallest absolute Gasteiger partial charge is 0.280 e. The highest BCUT2D eigenvalue weighted by atomic mass is 32.2. The number of nitrogens with one attached hydrogen (secondary N) is 1. The van der Waals surface area contributed by atoms with E-state index < -0.39 is 20.9 Å². The maximum atomic E-state index is 13.1. The number of unbranched alkanes of at least 4 members (excludes halogenated alkanes) is 2. The van der Waals surface area contributed by atoms with Crippen LogP contribution in [0.4, 0.5) is 10.8 Å². The third-order valence-electron chi connectivity index (χ3n) is 5.05. The molecule has 0 spiro atoms. The molecule has 9 nitrogen and oxygen atoms in total. The number of rotatable bonds is 12. The van der Waals surface area contributed by atoms with Gasteiger partial charge in [0.2, 0.25) is 10.0 Å². The first-order valence-electron chi connectivity index (χ1n) is 10.9. The quantitative estimate of drug-likeness (QED) is 0.243. The Labute approximate surface area is 206 Å². The largest absolute Gasteiger partial charge is 0.298 e. The number of thiazole rings is 1. The molecule has 3 aromatic rings. The van der Waals surface area contributed by atoms with Crippen LogP contribution in [0.15, 0.2) is 46.0 Å². The van der Waals surface area contributed by atoms with Crippen LogP contribution in [0.5, 0.6) is 0 Å². The summed E-state index contributed by atoms with van der Waals surface area (Å²) in [7, 11) is -3.63. The molecule has 0 bridgehead atoms. The Morgan fingerprint density at radius 1 is 1.09 bits per heavy atom. The molecule has 12 heteroatoms. The number of nitro groups is 1. The van der Waals surface area contributed by atoms with E-state index in [0.29, 0.717) is 34.4 Å². The number of carbonyl (C=O) groups excluding carboxylic acids is 1. The summed E-state index contributed by atoms with van der Waals surface area (Å²) in [6.07, 6.45) is 3.38. The molecule has 2 heterocycles. The lowest BCUT2D eigenvalue weighted by Crippen LogP contribution is -2.33. The molecule has 0 aliphatic rings. The van der Waals surface area contributed by atoms with Crippen molar-refractivity contribution in [3.63, 3.8) is 0 Å². The standard InChI is InChI=1S/C22H26N4O5S3/c1-3-5-11-25(12-6-4-2)34(30,31)18-9-7-16(8-10-18)21(27)24-22-23-19(15-33-22)20-13-17(14-32-20)26(28)29/h7-10,13-15H,3-6,11-12H2,1-2H3,(H,23,24,27). The van der Waals surface area contributed by atoms with E-state index in [1.165, 1.54) is 62.7 Å². The van der Waals surface area contributed by atoms with Crippen molar-refractivity contribution in [2.75, 3.05) is 18.4 Å². The molecule has 0 saturated carbocycles. The van der Waals surface area contributed by atoms with Crippen LogP contribution in [0.3, 0.4) is 0 Å². The molecule has 1 aromatic carbocycles. The molecule has 1 N–H and O–H groups in total. The lowest BCUT2D eigenvalue weighted by Gasteiger charge is -2.22. The first kappa shape index (κ1) is 25.9. The van der Waals surface area contributed by atoms with Gasteiger partial charge in [-0.15, -0.1) is 22.7 Å². The fraction of sp³-hybridized carbons (Fsp3) is 0.364. The van der Waals surface area contributed by atoms with E-state index in [2.05, 4.69) is 10.3 Å². The molecule has 1 amide bonds. The van der Waals surface area contributed by atoms with Crippen LogP contribution in [0.2, 0.25) is 0 Å². The summed E-state index contributed by atoms with van der Waals surface area (Å²) >= 11 is 2.41. The summed E-state index contributed by atoms with van der Waals surface area (Å²) in [5, 5.41) is 17.1. The highest BCUT2D eigenvalue weighted by Crippen LogP contribution is 2.33. The van der Waals surface area contributed by atoms with Crippen LogP contribution < -0.4 is 5.32 Å². The number of anilines is 1. The van der Waals surface area contributed by atoms with Gasteiger partial charge in [-0.1, -0.05) is 26.7 Å². The van der Waals surface area contributed by atoms with E-state index in [1.54, 1.807) is 5.38 Å². The second-order valence-electron chi connectivity index (χ2n) is 7.55. The van der Waals surface area contributed by atoms with Gasteiger partial charge in [-0.25, -0.2) is 13.4 Å². The minimum absolute atomic E-state index is 0.00317. The molecular weight excluding hydrogens is 496 g/mol. The van der Waals surface area contributed by atoms with Gasteiger partial charge < -0.3 is 0 Å². The average molecular weight is 523 g/mol. The van der Waals surface area contributed by atoms with Crippen molar-refractivity contribution in [3.05, 3.63) is 56.8 Å². The Morgan fingerprint density at radius 3 is 2.29 bits per heavy atom. The topological polar surface area (TPSA) is 123 Å². The molecule has 0 atom stereocenters. The monoisotopic (exact) mass is 522 g/mol. The predicted octanol–water partition coefficient (Wildman–Crippen LogP) is 5.62. The lowest BCUT2D eigenvalue weighted by molar-refractivity contribution is -0.384. The van der Waals surface area contributed by atoms with E-state index in [-0.39, 0.29) is 10.6 Å². The molecule has 0 radical (unpaired) electrons. The third kappa shape index (κ3) is 6.26. The number of carbonyl (C=O) groups is 1. The van der Waals surface area contributed by atoms with Gasteiger partial charge in [0.05, 0.1) is 25.8 Å². The molecule has 0 aliphatic heterocycles. The van der Waals surface area contributed by atoms with E-state index in [9.17, 15) is 23.3 Å². The maximum Gasteiger partial charge on any atom is 0.280 e. The van der Waals surface area contributed by atoms with Crippen molar-refractivity contribution in [1.82, 2.24) is 9.29 Å². The van der Waals surface area contributed by atoms with Crippen LogP contribution in [0.1, 0.15) is 49.9 Å². The number of hydrogen-bond donors (Lipinski definition) is 1. The number of nitrogens with zero attached hydrogens (tertiary/aromatic N) is 3. The molecule has 182 valence electrons. The number of aromatic nitrogens is 1. The molecule has 0 aliphatic carbocycles. The van der Waals surface area contributed by atoms with Crippen molar-refractivity contribution in [3.8, 4) is 10.6 Å². The van der Waals surface area contributed by atoms with Gasteiger partial charge >= 0.3 is 0 Å². The van der Waals surface area contributed by atoms with Crippen LogP contribution in [0.25, 0.3) is 10.6 Å². The first-order valence-corrected chi connectivity index (χ1v) is 14.1. The zero-order valence-corrected chi connectivity index (χ0v) is 21.3. The van der Waals surface area contributed by atoms with E-state index >= 15 is 0 Å². The number of benzene rings is 1. The van der Waals surface area contributed by atoms with Crippen molar-refractivity contribution in [1.29, 1.82) is 0 Å². The zero-order chi connectivity index (χ0) is 24.7. The van der Waals surface area contributed by atoms with Gasteiger partial charge in [0.1, 0.15) is 0 Å². The summed E-state index contributed by atoms with van der Waals surface area (Å²) in [6.45, 7) is 4.99. The molecule has 34 heavy (non-hydrogen) atoms. The Morgan fingerprint density at radius 2 is 1.74 bits per heavy atom. The lowest BCUT2D eigenvalue weighted by atomic mass is 10.2. The van der Waals surface area contributed by atoms with Gasteiger partial charge in [0.15, 0.2) is 5.13 Å². The third-order valence-corrected chi connectivity index (χ3v) is 8.66. The van der Waals surface area contributed by atoms with Gasteiger partial charge in [-0.3, -0.25) is 20.2 Å². The highest BCUT2D eigenvalue weighted by molar-refractivity contribution is 7.89. The highest BCUT2D eigenvalue weighted by Gasteiger charge is 2.24. The van der Waals surface area contributed by atoms with Gasteiger partial charge in [0, 0.05) is 30.1 Å². The number of thiophene rings is 1. The van der Waals surface area contributed by atoms with E-state index in [4.69, 9.17) is 0 Å². The van der Waals surface area contributed by atoms with Crippen molar-refractivity contribution >= 4 is 49.4 Å². The second kappa shape index (κ2) is 11.6. The Bertz CT molecular complexity index is 1230. The maximum absolute atomic E-state index is 13.1. The van der Waals surface area contributed by atoms with Gasteiger partial charge in [0.25, 0.3) is 11.6 Å². The van der Waals surface area contributed by atoms with E-state index in [0.717, 1.165) is 25.7 Å². The summed E-state index contributed by atoms with van der Waals surface area (Å²) in [5.74, 6) is -0.421. The second-order valence-corrected chi connectivity index (χ2v) is 11.3. The minimum atomic E-state index is -3.63. The minimum Gasteiger partial charge on any atom is -0.298 e. The summed E-state index contributed by atoms with van der Waals surface area (Å²) in [6, 6.07) is 7.31. The molecule has 0 fully saturated rings. The van der Waals surface area contributed by atoms with Crippen molar-refractivity contribution in [2.45, 2.75) is 44.4 Å².